The summed E-state index contributed by atoms with van der Waals surface area (Å²) in [6, 6.07) is 5.91. The number of hydrogen-bond donors (Lipinski definition) is 1. The van der Waals surface area contributed by atoms with Gasteiger partial charge in [0.1, 0.15) is 5.82 Å². The van der Waals surface area contributed by atoms with E-state index in [1.54, 1.807) is 12.1 Å². The van der Waals surface area contributed by atoms with Gasteiger partial charge >= 0.3 is 7.12 Å². The number of nitrogens with one attached hydrogen (secondary N) is 1. The second-order valence-corrected chi connectivity index (χ2v) is 10.4. The number of carbonyl (C=O) groups is 2. The summed E-state index contributed by atoms with van der Waals surface area (Å²) in [6.07, 6.45) is 1.77. The highest BCUT2D eigenvalue weighted by atomic mass is 19.1. The Morgan fingerprint density at radius 2 is 1.72 bits per heavy atom. The normalized spacial score (nSPS) is 22.6. The Morgan fingerprint density at radius 1 is 1.12 bits per heavy atom. The van der Waals surface area contributed by atoms with Gasteiger partial charge in [0.2, 0.25) is 5.91 Å². The molecule has 1 amide bonds. The fourth-order valence-corrected chi connectivity index (χ4v) is 4.14. The fourth-order valence-electron chi connectivity index (χ4n) is 4.14. The maximum absolute atomic E-state index is 13.2. The van der Waals surface area contributed by atoms with Crippen LogP contribution in [-0.2, 0) is 18.9 Å². The van der Waals surface area contributed by atoms with E-state index in [2.05, 4.69) is 19.2 Å². The van der Waals surface area contributed by atoms with Crippen molar-refractivity contribution in [3.05, 3.63) is 30.1 Å². The van der Waals surface area contributed by atoms with Gasteiger partial charge in [-0.1, -0.05) is 13.8 Å². The van der Waals surface area contributed by atoms with Crippen molar-refractivity contribution in [2.24, 2.45) is 5.92 Å². The lowest BCUT2D eigenvalue weighted by atomic mass is 9.74. The highest BCUT2D eigenvalue weighted by molar-refractivity contribution is 6.48. The molecule has 0 bridgehead atoms. The maximum atomic E-state index is 13.2. The molecule has 0 saturated carbocycles. The Hall–Kier alpha value is -1.93. The van der Waals surface area contributed by atoms with Gasteiger partial charge in [0.25, 0.3) is 0 Å². The van der Waals surface area contributed by atoms with E-state index >= 15 is 0 Å². The van der Waals surface area contributed by atoms with Gasteiger partial charge in [-0.05, 0) is 70.7 Å². The zero-order valence-corrected chi connectivity index (χ0v) is 20.1. The SMILES string of the molecule is CC(C)C[C@H](NC(=O)CCC(=O)[C@@H]1CCN1c1ccc(F)cc1)B1OC(C)(C)C(C)(C)O1. The topological polar surface area (TPSA) is 67.9 Å². The van der Waals surface area contributed by atoms with E-state index in [0.717, 1.165) is 25.1 Å². The van der Waals surface area contributed by atoms with Crippen molar-refractivity contribution < 1.29 is 23.3 Å². The third kappa shape index (κ3) is 5.52. The summed E-state index contributed by atoms with van der Waals surface area (Å²) in [5, 5.41) is 3.05. The summed E-state index contributed by atoms with van der Waals surface area (Å²) < 4.78 is 25.5. The molecule has 2 fully saturated rings. The van der Waals surface area contributed by atoms with E-state index in [-0.39, 0.29) is 42.3 Å². The molecule has 3 rings (SSSR count). The van der Waals surface area contributed by atoms with Gasteiger partial charge in [-0.3, -0.25) is 9.59 Å². The Labute approximate surface area is 191 Å². The Balaban J connectivity index is 1.54. The number of nitrogens with zero attached hydrogens (tertiary/aromatic N) is 1. The van der Waals surface area contributed by atoms with Crippen LogP contribution < -0.4 is 10.2 Å². The number of anilines is 1. The third-order valence-corrected chi connectivity index (χ3v) is 6.82. The molecule has 0 radical (unpaired) electrons. The molecule has 2 aliphatic rings. The van der Waals surface area contributed by atoms with E-state index in [0.29, 0.717) is 5.92 Å². The molecule has 0 aromatic heterocycles. The fraction of sp³-hybridized carbons (Fsp3) is 0.667. The van der Waals surface area contributed by atoms with Crippen molar-refractivity contribution in [2.75, 3.05) is 11.4 Å². The van der Waals surface area contributed by atoms with Gasteiger partial charge in [0, 0.05) is 25.1 Å². The van der Waals surface area contributed by atoms with E-state index in [1.165, 1.54) is 12.1 Å². The summed E-state index contributed by atoms with van der Waals surface area (Å²) in [4.78, 5) is 27.4. The van der Waals surface area contributed by atoms with Crippen LogP contribution in [0.4, 0.5) is 10.1 Å². The minimum atomic E-state index is -0.525. The summed E-state index contributed by atoms with van der Waals surface area (Å²) >= 11 is 0. The van der Waals surface area contributed by atoms with Crippen molar-refractivity contribution in [1.82, 2.24) is 5.32 Å². The number of carbonyl (C=O) groups excluding carboxylic acids is 2. The van der Waals surface area contributed by atoms with Gasteiger partial charge in [0.05, 0.1) is 23.2 Å². The lowest BCUT2D eigenvalue weighted by Crippen LogP contribution is -2.53. The zero-order valence-electron chi connectivity index (χ0n) is 20.1. The molecule has 1 aromatic carbocycles. The van der Waals surface area contributed by atoms with Crippen LogP contribution in [0, 0.1) is 11.7 Å². The third-order valence-electron chi connectivity index (χ3n) is 6.82. The predicted octanol–water partition coefficient (Wildman–Crippen LogP) is 3.92. The van der Waals surface area contributed by atoms with Crippen LogP contribution in [0.2, 0.25) is 0 Å². The van der Waals surface area contributed by atoms with Gasteiger partial charge in [-0.15, -0.1) is 0 Å². The molecule has 8 heteroatoms. The second-order valence-electron chi connectivity index (χ2n) is 10.4. The van der Waals surface area contributed by atoms with Crippen LogP contribution in [-0.4, -0.2) is 48.5 Å². The van der Waals surface area contributed by atoms with Crippen molar-refractivity contribution in [1.29, 1.82) is 0 Å². The molecule has 0 aliphatic carbocycles. The van der Waals surface area contributed by atoms with E-state index < -0.39 is 18.3 Å². The van der Waals surface area contributed by atoms with Crippen LogP contribution in [0.15, 0.2) is 24.3 Å². The molecule has 2 aliphatic heterocycles. The molecule has 2 heterocycles. The van der Waals surface area contributed by atoms with Crippen molar-refractivity contribution in [3.63, 3.8) is 0 Å². The number of benzene rings is 1. The first kappa shape index (κ1) is 24.7. The first-order valence-electron chi connectivity index (χ1n) is 11.6. The number of Topliss-reactive ketones (excluding diaryl/α,β-unsaturated/α-hetero) is 1. The molecule has 6 nitrogen and oxygen atoms in total. The van der Waals surface area contributed by atoms with Crippen LogP contribution in [0.3, 0.4) is 0 Å². The molecular weight excluding hydrogens is 410 g/mol. The molecule has 1 aromatic rings. The second kappa shape index (κ2) is 9.52. The van der Waals surface area contributed by atoms with Gasteiger partial charge in [0.15, 0.2) is 5.78 Å². The Morgan fingerprint density at radius 3 is 2.22 bits per heavy atom. The van der Waals surface area contributed by atoms with Gasteiger partial charge in [-0.2, -0.15) is 0 Å². The number of rotatable bonds is 9. The average Bonchev–Trinajstić information content (AvgIpc) is 2.87. The first-order chi connectivity index (χ1) is 14.9. The molecule has 176 valence electrons. The zero-order chi connectivity index (χ0) is 23.7. The number of hydrogen-bond acceptors (Lipinski definition) is 5. The monoisotopic (exact) mass is 446 g/mol. The quantitative estimate of drug-likeness (QED) is 0.583. The van der Waals surface area contributed by atoms with E-state index in [4.69, 9.17) is 9.31 Å². The maximum Gasteiger partial charge on any atom is 0.481 e. The summed E-state index contributed by atoms with van der Waals surface area (Å²) in [7, 11) is -0.525. The van der Waals surface area contributed by atoms with E-state index in [1.807, 2.05) is 32.6 Å². The highest BCUT2D eigenvalue weighted by Crippen LogP contribution is 2.38. The summed E-state index contributed by atoms with van der Waals surface area (Å²) in [6.45, 7) is 12.9. The van der Waals surface area contributed by atoms with Crippen LogP contribution in [0.5, 0.6) is 0 Å². The minimum absolute atomic E-state index is 0.0340. The molecular formula is C24H36BFN2O4. The minimum Gasteiger partial charge on any atom is -0.402 e. The standard InChI is InChI=1S/C24H36BFN2O4/c1-16(2)15-21(25-31-23(3,4)24(5,6)32-25)27-22(30)12-11-20(29)19-13-14-28(19)18-9-7-17(26)8-10-18/h7-10,16,19,21H,11-15H2,1-6H3,(H,27,30)/t19-,21-/m0/s1. The van der Waals surface area contributed by atoms with Crippen molar-refractivity contribution in [3.8, 4) is 0 Å². The lowest BCUT2D eigenvalue weighted by Gasteiger charge is -2.41. The van der Waals surface area contributed by atoms with Crippen molar-refractivity contribution >= 4 is 24.5 Å². The van der Waals surface area contributed by atoms with Crippen LogP contribution >= 0.6 is 0 Å². The van der Waals surface area contributed by atoms with E-state index in [9.17, 15) is 14.0 Å². The lowest BCUT2D eigenvalue weighted by molar-refractivity contribution is -0.126. The highest BCUT2D eigenvalue weighted by Gasteiger charge is 2.54. The molecule has 0 spiro atoms. The number of amides is 1. The largest absolute Gasteiger partial charge is 0.481 e. The van der Waals surface area contributed by atoms with Gasteiger partial charge < -0.3 is 19.5 Å². The van der Waals surface area contributed by atoms with Crippen molar-refractivity contribution in [2.45, 2.75) is 90.4 Å². The molecule has 2 atom stereocenters. The first-order valence-corrected chi connectivity index (χ1v) is 11.6. The smallest absolute Gasteiger partial charge is 0.402 e. The predicted molar refractivity (Wildman–Crippen MR) is 124 cm³/mol. The molecule has 2 saturated heterocycles. The van der Waals surface area contributed by atoms with Crippen LogP contribution in [0.1, 0.15) is 67.2 Å². The Kier molecular flexibility index (Phi) is 7.35. The van der Waals surface area contributed by atoms with Crippen LogP contribution in [0.25, 0.3) is 0 Å². The van der Waals surface area contributed by atoms with Gasteiger partial charge in [-0.25, -0.2) is 4.39 Å². The summed E-state index contributed by atoms with van der Waals surface area (Å²) in [5.41, 5.74) is -0.110. The molecule has 32 heavy (non-hydrogen) atoms. The Bertz CT molecular complexity index is 812. The number of ketones is 1. The number of halogens is 1. The summed E-state index contributed by atoms with van der Waals surface area (Å²) in [5.74, 6) is -0.372. The molecule has 0 unspecified atom stereocenters. The average molecular weight is 446 g/mol. The molecule has 1 N–H and O–H groups in total.